The molecule has 0 radical (unpaired) electrons. The van der Waals surface area contributed by atoms with Crippen LogP contribution in [0.15, 0.2) is 42.5 Å². The van der Waals surface area contributed by atoms with Gasteiger partial charge in [-0.2, -0.15) is 0 Å². The minimum Gasteiger partial charge on any atom is -0.394 e. The lowest BCUT2D eigenvalue weighted by Gasteiger charge is -2.33. The van der Waals surface area contributed by atoms with E-state index in [9.17, 15) is 30.6 Å². The fourth-order valence-electron chi connectivity index (χ4n) is 18.9. The zero-order chi connectivity index (χ0) is 95.1. The smallest absolute Gasteiger partial charge is 0.193 e. The van der Waals surface area contributed by atoms with Crippen LogP contribution in [0.4, 0.5) is 0 Å². The molecule has 0 saturated carbocycles. The first-order valence-corrected chi connectivity index (χ1v) is 44.7. The molecule has 4 unspecified atom stereocenters. The largest absolute Gasteiger partial charge is 0.394 e. The summed E-state index contributed by atoms with van der Waals surface area (Å²) in [6, 6.07) is 15.3. The number of hydrogen-bond donors (Lipinski definition) is 7. The van der Waals surface area contributed by atoms with E-state index < -0.39 is 162 Å². The van der Waals surface area contributed by atoms with Gasteiger partial charge in [0, 0.05) is 49.8 Å². The van der Waals surface area contributed by atoms with Gasteiger partial charge in [-0.3, -0.25) is 0 Å². The molecular weight excluding hydrogens is 1700 g/mol. The maximum atomic E-state index is 10.3. The summed E-state index contributed by atoms with van der Waals surface area (Å²) in [5.74, 6) is -5.18. The zero-order valence-electron chi connectivity index (χ0n) is 80.6. The van der Waals surface area contributed by atoms with Crippen LogP contribution < -0.4 is 0 Å². The van der Waals surface area contributed by atoms with Crippen molar-refractivity contribution >= 4 is 10.8 Å². The first-order chi connectivity index (χ1) is 60.3. The predicted octanol–water partition coefficient (Wildman–Crippen LogP) is 5.69. The Labute approximate surface area is 757 Å². The van der Waals surface area contributed by atoms with Gasteiger partial charge in [0.1, 0.15) is 139 Å². The Morgan fingerprint density at radius 2 is 0.690 bits per heavy atom. The maximum absolute atomic E-state index is 10.3. The number of rotatable bonds is 19. The molecule has 0 spiro atoms. The normalized spacial score (nSPS) is 41.8. The Bertz CT molecular complexity index is 3690. The van der Waals surface area contributed by atoms with E-state index >= 15 is 0 Å². The molecule has 16 saturated heterocycles. The molecule has 39 heteroatoms. The molecule has 744 valence electrons. The van der Waals surface area contributed by atoms with Crippen LogP contribution in [0.1, 0.15) is 171 Å². The molecule has 16 fully saturated rings. The van der Waals surface area contributed by atoms with Gasteiger partial charge in [0.2, 0.25) is 0 Å². The summed E-state index contributed by atoms with van der Waals surface area (Å²) in [5.41, 5.74) is -1.12. The first kappa shape index (κ1) is 107. The highest BCUT2D eigenvalue weighted by atomic mass is 16.9. The van der Waals surface area contributed by atoms with Gasteiger partial charge in [0.15, 0.2) is 102 Å². The Kier molecular flexibility index (Phi) is 34.7. The zero-order valence-corrected chi connectivity index (χ0v) is 80.6. The number of methoxy groups -OCH3 is 7. The summed E-state index contributed by atoms with van der Waals surface area (Å²) in [6.45, 7) is 41.0. The van der Waals surface area contributed by atoms with E-state index in [1.165, 1.54) is 37.0 Å². The summed E-state index contributed by atoms with van der Waals surface area (Å²) in [5, 5.41) is 69.1. The fraction of sp³-hybridized carbons (Fsp3) is 0.889. The Balaban J connectivity index is 0.000000143. The second-order valence-corrected chi connectivity index (χ2v) is 39.0. The number of ether oxygens (including phenoxy) is 32. The third kappa shape index (κ3) is 24.2. The van der Waals surface area contributed by atoms with Gasteiger partial charge in [-0.05, 0) is 166 Å². The van der Waals surface area contributed by atoms with Crippen LogP contribution in [0.25, 0.3) is 10.8 Å². The SMILES string of the molecule is CC(C)Cc1ccc2ccccc2c1.CC1(C)OCC([C@H]2O[C@@H]3OC(C)(C)O[C@@H]3[C@@H]2O)O1.CC[C@@]1(CO)O[C@@H]2OC(C)(C)O[C@@H]2[C@@H]1OC.CC[C@]1(CO)O[C@@H]2OC(C)(C)O[C@@H]2[C@@H]1OC.COC1O[C@@H]2OC(C)(C)O[C@@H]2[C@@H]1OC.CO[C@H]1[C@H]2OC(C)(C)O[C@H]2OC1(CO)CO.CO[C@H]1[C@H]2OC(C)(C)O[C@H]2O[C@@H]1C(O)CO.CO[C@H]1[C@H]2OC(C)(C)O[C@H]2O[C@@H]1C1COC(C)(C)O1. The number of benzene rings is 2. The summed E-state index contributed by atoms with van der Waals surface area (Å²) in [6.07, 6.45) is -9.14. The molecule has 39 nitrogen and oxygen atoms in total. The third-order valence-electron chi connectivity index (χ3n) is 24.7. The van der Waals surface area contributed by atoms with E-state index in [1.807, 2.05) is 96.9 Å². The van der Waals surface area contributed by atoms with Crippen LogP contribution in [0, 0.1) is 5.92 Å². The fourth-order valence-corrected chi connectivity index (χ4v) is 18.9. The van der Waals surface area contributed by atoms with Gasteiger partial charge in [0.25, 0.3) is 0 Å². The van der Waals surface area contributed by atoms with Crippen molar-refractivity contribution in [2.45, 2.75) is 413 Å². The van der Waals surface area contributed by atoms with Crippen LogP contribution in [-0.4, -0.2) is 373 Å². The molecule has 0 bridgehead atoms. The number of fused-ring (bicyclic) bond motifs is 8. The predicted molar refractivity (Wildman–Crippen MR) is 450 cm³/mol. The minimum absolute atomic E-state index is 0.0951. The summed E-state index contributed by atoms with van der Waals surface area (Å²) in [4.78, 5) is 0. The standard InChI is InChI=1S/C14H16.C13H22O6.C12H20O6.2C11H20O5.2C10H18O6.C9H16O5/c1-11(2)9-12-7-8-13-5-3-4-6-14(13)10-12;1-12(2)15-6-7(17-12)8-9(14-5)10-11(16-8)19-13(3,4)18-10;1-11(2)14-5-6(16-11)8-7(13)9-10(15-8)18-12(3,4)17-9;2*1-5-11(6-12)8(13-4)7-9(16-11)15-10(2,3)14-7;1-9(2)14-6-7(13-3)10(4-11,5-12)16-8(6)15-9;1-10(2)15-8-7(13-3)6(5(12)4-11)14-9(8)16-10;1-9(2)13-6-5(10-3)7(11-4)12-8(6)14-9/h3-8,10-11H,9H2,1-2H3;7-11H,6H2,1-5H3;6-10,13H,5H2,1-4H3;2*7-9,12H,5-6H2,1-4H3;6-8,11-12H,4-5H2,1-3H3;5-9,11-12H,4H2,1-3H3;5-8H,1-4H3/t;7?,8-,9-,10-,11-;6?,7-,8-,9-,10-;7-,8+,9+,11+;7-,8+,9+,11-;6-,7+,8+;5?,6-,7-,8-,9-;5-,6+,7?,8+/m.1111110/s1. The van der Waals surface area contributed by atoms with Crippen LogP contribution in [-0.2, 0) is 158 Å². The third-order valence-corrected chi connectivity index (χ3v) is 24.7. The molecule has 16 heterocycles. The molecule has 16 aliphatic heterocycles. The van der Waals surface area contributed by atoms with Crippen molar-refractivity contribution in [2.75, 3.05) is 96.0 Å². The van der Waals surface area contributed by atoms with Gasteiger partial charge in [-0.25, -0.2) is 0 Å². The lowest BCUT2D eigenvalue weighted by molar-refractivity contribution is -0.257. The highest BCUT2D eigenvalue weighted by Gasteiger charge is 2.67. The van der Waals surface area contributed by atoms with Crippen LogP contribution in [0.2, 0.25) is 0 Å². The van der Waals surface area contributed by atoms with Gasteiger partial charge >= 0.3 is 0 Å². The molecule has 18 rings (SSSR count). The van der Waals surface area contributed by atoms with Crippen molar-refractivity contribution in [3.05, 3.63) is 48.0 Å². The van der Waals surface area contributed by atoms with E-state index in [0.717, 1.165) is 5.92 Å². The van der Waals surface area contributed by atoms with Gasteiger partial charge in [-0.1, -0.05) is 70.2 Å². The Morgan fingerprint density at radius 1 is 0.341 bits per heavy atom. The van der Waals surface area contributed by atoms with Crippen molar-refractivity contribution in [3.8, 4) is 0 Å². The molecule has 16 aliphatic rings. The van der Waals surface area contributed by atoms with Crippen LogP contribution in [0.5, 0.6) is 0 Å². The molecular formula is C90H150O39. The van der Waals surface area contributed by atoms with Crippen LogP contribution in [0.3, 0.4) is 0 Å². The lowest BCUT2D eigenvalue weighted by Crippen LogP contribution is -2.51. The van der Waals surface area contributed by atoms with E-state index in [-0.39, 0.29) is 113 Å². The van der Waals surface area contributed by atoms with E-state index in [0.29, 0.717) is 26.1 Å². The lowest BCUT2D eigenvalue weighted by atomic mass is 9.93. The molecule has 2 aromatic carbocycles. The van der Waals surface area contributed by atoms with E-state index in [1.54, 1.807) is 77.1 Å². The van der Waals surface area contributed by atoms with E-state index in [4.69, 9.17) is 157 Å². The van der Waals surface area contributed by atoms with Crippen molar-refractivity contribution < 1.29 is 187 Å². The Hall–Kier alpha value is -2.86. The second-order valence-electron chi connectivity index (χ2n) is 39.0. The number of aliphatic hydroxyl groups excluding tert-OH is 7. The monoisotopic (exact) mass is 1850 g/mol. The molecule has 30 atom stereocenters. The molecule has 129 heavy (non-hydrogen) atoms. The highest BCUT2D eigenvalue weighted by Crippen LogP contribution is 2.50. The van der Waals surface area contributed by atoms with Crippen LogP contribution >= 0.6 is 0 Å². The summed E-state index contributed by atoms with van der Waals surface area (Å²) in [7, 11) is 11.0. The quantitative estimate of drug-likeness (QED) is 0.0888. The van der Waals surface area contributed by atoms with Crippen molar-refractivity contribution in [1.29, 1.82) is 0 Å². The molecule has 7 N–H and O–H groups in total. The topological polar surface area (TPSA) is 437 Å². The molecule has 0 aromatic heterocycles. The maximum Gasteiger partial charge on any atom is 0.193 e. The van der Waals surface area contributed by atoms with Crippen molar-refractivity contribution in [1.82, 2.24) is 0 Å². The average molecular weight is 1860 g/mol. The van der Waals surface area contributed by atoms with Crippen molar-refractivity contribution in [3.63, 3.8) is 0 Å². The average Bonchev–Trinajstić information content (AvgIpc) is 1.58. The van der Waals surface area contributed by atoms with Gasteiger partial charge in [-0.15, -0.1) is 0 Å². The summed E-state index contributed by atoms with van der Waals surface area (Å²) < 4.78 is 179. The van der Waals surface area contributed by atoms with E-state index in [2.05, 4.69) is 56.3 Å². The first-order valence-electron chi connectivity index (χ1n) is 44.7. The highest BCUT2D eigenvalue weighted by molar-refractivity contribution is 5.83. The second kappa shape index (κ2) is 42.1. The number of aliphatic hydroxyl groups is 7. The van der Waals surface area contributed by atoms with Gasteiger partial charge < -0.3 is 187 Å². The Morgan fingerprint density at radius 3 is 1.06 bits per heavy atom. The molecule has 0 aliphatic carbocycles. The summed E-state index contributed by atoms with van der Waals surface area (Å²) >= 11 is 0. The van der Waals surface area contributed by atoms with Crippen molar-refractivity contribution in [2.24, 2.45) is 5.92 Å². The minimum atomic E-state index is -1.15. The van der Waals surface area contributed by atoms with Gasteiger partial charge in [0.05, 0.1) is 46.2 Å². The number of hydrogen-bond acceptors (Lipinski definition) is 39. The molecule has 0 amide bonds. The molecule has 2 aromatic rings.